The van der Waals surface area contributed by atoms with Gasteiger partial charge in [0.2, 0.25) is 0 Å². The summed E-state index contributed by atoms with van der Waals surface area (Å²) < 4.78 is 24.9. The first-order valence-corrected chi connectivity index (χ1v) is 7.84. The largest absolute Gasteiger partial charge is 0.251 e. The molecule has 18 heavy (non-hydrogen) atoms. The molecule has 1 aromatic carbocycles. The minimum atomic E-state index is -1.35. The van der Waals surface area contributed by atoms with Crippen molar-refractivity contribution in [3.05, 3.63) is 34.1 Å². The molecule has 1 rings (SSSR count). The summed E-state index contributed by atoms with van der Waals surface area (Å²) in [6.45, 7) is 5.84. The van der Waals surface area contributed by atoms with Crippen molar-refractivity contribution >= 4 is 26.9 Å². The fourth-order valence-electron chi connectivity index (χ4n) is 2.08. The molecule has 0 aromatic heterocycles. The standard InChI is InChI=1S/C13H19BrFNOS/c1-9(8-13(2,3)18(16)17)7-10-5-4-6-11(15)12(10)14/h4-6,9H,7-8,16H2,1-3H3/t9-,18?/m1/s1. The highest BCUT2D eigenvalue weighted by molar-refractivity contribution is 9.10. The zero-order chi connectivity index (χ0) is 13.9. The molecule has 1 aromatic rings. The molecule has 0 heterocycles. The maximum Gasteiger partial charge on any atom is 0.137 e. The van der Waals surface area contributed by atoms with Crippen LogP contribution in [0.1, 0.15) is 32.8 Å². The predicted octanol–water partition coefficient (Wildman–Crippen LogP) is 3.56. The Morgan fingerprint density at radius 3 is 2.67 bits per heavy atom. The predicted molar refractivity (Wildman–Crippen MR) is 78.0 cm³/mol. The Balaban J connectivity index is 2.74. The second kappa shape index (κ2) is 6.26. The van der Waals surface area contributed by atoms with E-state index < -0.39 is 15.7 Å². The van der Waals surface area contributed by atoms with Gasteiger partial charge in [0.1, 0.15) is 5.82 Å². The molecule has 0 aliphatic carbocycles. The van der Waals surface area contributed by atoms with Crippen LogP contribution < -0.4 is 5.14 Å². The van der Waals surface area contributed by atoms with Crippen molar-refractivity contribution in [1.29, 1.82) is 0 Å². The molecule has 2 atom stereocenters. The topological polar surface area (TPSA) is 43.1 Å². The highest BCUT2D eigenvalue weighted by Crippen LogP contribution is 2.27. The SMILES string of the molecule is C[C@H](Cc1cccc(F)c1Br)CC(C)(C)S(N)=O. The Morgan fingerprint density at radius 2 is 2.11 bits per heavy atom. The molecule has 0 aliphatic rings. The van der Waals surface area contributed by atoms with Gasteiger partial charge in [0.25, 0.3) is 0 Å². The zero-order valence-electron chi connectivity index (χ0n) is 10.9. The summed E-state index contributed by atoms with van der Waals surface area (Å²) >= 11 is 3.26. The second-order valence-corrected chi connectivity index (χ2v) is 7.78. The summed E-state index contributed by atoms with van der Waals surface area (Å²) in [6.07, 6.45) is 1.47. The lowest BCUT2D eigenvalue weighted by Crippen LogP contribution is -2.34. The van der Waals surface area contributed by atoms with Gasteiger partial charge in [-0.3, -0.25) is 5.14 Å². The Bertz CT molecular complexity index is 451. The van der Waals surface area contributed by atoms with E-state index in [4.69, 9.17) is 5.14 Å². The van der Waals surface area contributed by atoms with Crippen LogP contribution in [-0.2, 0) is 17.4 Å². The van der Waals surface area contributed by atoms with Gasteiger partial charge in [-0.25, -0.2) is 8.60 Å². The number of halogens is 2. The molecular formula is C13H19BrFNOS. The monoisotopic (exact) mass is 335 g/mol. The van der Waals surface area contributed by atoms with Crippen molar-refractivity contribution in [1.82, 2.24) is 0 Å². The fraction of sp³-hybridized carbons (Fsp3) is 0.538. The Morgan fingerprint density at radius 1 is 1.50 bits per heavy atom. The molecule has 2 nitrogen and oxygen atoms in total. The molecule has 1 unspecified atom stereocenters. The molecule has 0 saturated carbocycles. The Kier molecular flexibility index (Phi) is 5.49. The molecule has 0 bridgehead atoms. The number of hydrogen-bond acceptors (Lipinski definition) is 1. The average molecular weight is 336 g/mol. The third kappa shape index (κ3) is 4.14. The zero-order valence-corrected chi connectivity index (χ0v) is 13.3. The summed E-state index contributed by atoms with van der Waals surface area (Å²) in [5.74, 6) is 0.0342. The lowest BCUT2D eigenvalue weighted by atomic mass is 9.92. The van der Waals surface area contributed by atoms with E-state index in [-0.39, 0.29) is 11.7 Å². The number of rotatable bonds is 5. The normalized spacial score (nSPS) is 15.4. The van der Waals surface area contributed by atoms with Crippen LogP contribution >= 0.6 is 15.9 Å². The van der Waals surface area contributed by atoms with E-state index in [1.165, 1.54) is 6.07 Å². The van der Waals surface area contributed by atoms with Crippen LogP contribution in [0.5, 0.6) is 0 Å². The van der Waals surface area contributed by atoms with Gasteiger partial charge >= 0.3 is 0 Å². The van der Waals surface area contributed by atoms with Crippen molar-refractivity contribution in [2.45, 2.75) is 38.4 Å². The van der Waals surface area contributed by atoms with E-state index in [9.17, 15) is 8.60 Å². The highest BCUT2D eigenvalue weighted by Gasteiger charge is 2.26. The minimum absolute atomic E-state index is 0.249. The van der Waals surface area contributed by atoms with Crippen LogP contribution in [0.25, 0.3) is 0 Å². The van der Waals surface area contributed by atoms with E-state index in [1.807, 2.05) is 19.9 Å². The fourth-order valence-corrected chi connectivity index (χ4v) is 2.95. The van der Waals surface area contributed by atoms with Crippen LogP contribution in [-0.4, -0.2) is 8.96 Å². The number of nitrogens with two attached hydrogens (primary N) is 1. The lowest BCUT2D eigenvalue weighted by molar-refractivity contribution is 0.454. The van der Waals surface area contributed by atoms with Crippen molar-refractivity contribution in [3.63, 3.8) is 0 Å². The average Bonchev–Trinajstić information content (AvgIpc) is 2.23. The van der Waals surface area contributed by atoms with Crippen LogP contribution in [0.15, 0.2) is 22.7 Å². The summed E-state index contributed by atoms with van der Waals surface area (Å²) in [6, 6.07) is 5.03. The van der Waals surface area contributed by atoms with Gasteiger partial charge in [0, 0.05) is 0 Å². The van der Waals surface area contributed by atoms with E-state index in [0.717, 1.165) is 18.4 Å². The summed E-state index contributed by atoms with van der Waals surface area (Å²) in [7, 11) is -1.35. The van der Waals surface area contributed by atoms with Crippen LogP contribution in [0.3, 0.4) is 0 Å². The van der Waals surface area contributed by atoms with Crippen molar-refractivity contribution < 1.29 is 8.60 Å². The molecule has 5 heteroatoms. The molecule has 2 N–H and O–H groups in total. The molecule has 0 spiro atoms. The minimum Gasteiger partial charge on any atom is -0.251 e. The summed E-state index contributed by atoms with van der Waals surface area (Å²) in [5.41, 5.74) is 0.932. The van der Waals surface area contributed by atoms with E-state index in [2.05, 4.69) is 22.9 Å². The molecular weight excluding hydrogens is 317 g/mol. The molecule has 0 amide bonds. The van der Waals surface area contributed by atoms with E-state index in [1.54, 1.807) is 6.07 Å². The molecule has 0 saturated heterocycles. The molecule has 0 fully saturated rings. The lowest BCUT2D eigenvalue weighted by Gasteiger charge is -2.25. The van der Waals surface area contributed by atoms with Gasteiger partial charge in [-0.05, 0) is 60.2 Å². The molecule has 0 aliphatic heterocycles. The van der Waals surface area contributed by atoms with Gasteiger partial charge in [-0.2, -0.15) is 0 Å². The van der Waals surface area contributed by atoms with Crippen LogP contribution in [0.2, 0.25) is 0 Å². The number of benzene rings is 1. The van der Waals surface area contributed by atoms with Crippen molar-refractivity contribution in [2.75, 3.05) is 0 Å². The third-order valence-corrected chi connectivity index (χ3v) is 5.13. The van der Waals surface area contributed by atoms with Gasteiger partial charge in [0.05, 0.1) is 20.2 Å². The smallest absolute Gasteiger partial charge is 0.137 e. The van der Waals surface area contributed by atoms with E-state index >= 15 is 0 Å². The van der Waals surface area contributed by atoms with E-state index in [0.29, 0.717) is 4.47 Å². The first kappa shape index (κ1) is 15.8. The van der Waals surface area contributed by atoms with Gasteiger partial charge < -0.3 is 0 Å². The summed E-state index contributed by atoms with van der Waals surface area (Å²) in [5, 5.41) is 5.47. The van der Waals surface area contributed by atoms with Crippen molar-refractivity contribution in [2.24, 2.45) is 11.1 Å². The first-order valence-electron chi connectivity index (χ1n) is 5.83. The van der Waals surface area contributed by atoms with Gasteiger partial charge in [-0.1, -0.05) is 19.1 Å². The Labute approximate surface area is 119 Å². The van der Waals surface area contributed by atoms with Gasteiger partial charge in [-0.15, -0.1) is 0 Å². The second-order valence-electron chi connectivity index (χ2n) is 5.28. The first-order chi connectivity index (χ1) is 8.24. The maximum atomic E-state index is 13.4. The maximum absolute atomic E-state index is 13.4. The van der Waals surface area contributed by atoms with Crippen LogP contribution in [0.4, 0.5) is 4.39 Å². The molecule has 102 valence electrons. The van der Waals surface area contributed by atoms with Crippen LogP contribution in [0, 0.1) is 11.7 Å². The summed E-state index contributed by atoms with van der Waals surface area (Å²) in [4.78, 5) is 0. The van der Waals surface area contributed by atoms with Crippen molar-refractivity contribution in [3.8, 4) is 0 Å². The Hall–Kier alpha value is -0.260. The quantitative estimate of drug-likeness (QED) is 0.878. The van der Waals surface area contributed by atoms with Gasteiger partial charge in [0.15, 0.2) is 0 Å². The number of hydrogen-bond donors (Lipinski definition) is 1. The molecule has 0 radical (unpaired) electrons. The highest BCUT2D eigenvalue weighted by atomic mass is 79.9. The third-order valence-electron chi connectivity index (χ3n) is 2.98.